The number of hydrogen-bond donors (Lipinski definition) is 1. The summed E-state index contributed by atoms with van der Waals surface area (Å²) in [5, 5.41) is 6.12. The van der Waals surface area contributed by atoms with E-state index >= 15 is 0 Å². The zero-order chi connectivity index (χ0) is 18.6. The lowest BCUT2D eigenvalue weighted by atomic mass is 9.96. The maximum Gasteiger partial charge on any atom is 0.229 e. The molecule has 6 nitrogen and oxygen atoms in total. The van der Waals surface area contributed by atoms with E-state index in [2.05, 4.69) is 25.2 Å². The van der Waals surface area contributed by atoms with E-state index in [4.69, 9.17) is 11.6 Å². The molecule has 0 unspecified atom stereocenters. The summed E-state index contributed by atoms with van der Waals surface area (Å²) in [7, 11) is 0. The third-order valence-electron chi connectivity index (χ3n) is 4.62. The van der Waals surface area contributed by atoms with E-state index in [1.807, 2.05) is 29.6 Å². The van der Waals surface area contributed by atoms with Crippen LogP contribution in [0.3, 0.4) is 0 Å². The third-order valence-corrected chi connectivity index (χ3v) is 5.71. The first-order chi connectivity index (χ1) is 13.2. The fourth-order valence-electron chi connectivity index (χ4n) is 3.16. The molecule has 2 aromatic heterocycles. The maximum absolute atomic E-state index is 12.6. The monoisotopic (exact) mass is 399 g/mol. The fourth-order valence-corrected chi connectivity index (χ4v) is 4.10. The maximum atomic E-state index is 12.6. The van der Waals surface area contributed by atoms with Crippen molar-refractivity contribution in [2.45, 2.75) is 12.8 Å². The average Bonchev–Trinajstić information content (AvgIpc) is 3.17. The van der Waals surface area contributed by atoms with Crippen molar-refractivity contribution in [1.29, 1.82) is 0 Å². The van der Waals surface area contributed by atoms with Crippen LogP contribution in [0.2, 0.25) is 5.02 Å². The largest absolute Gasteiger partial charge is 0.355 e. The Kier molecular flexibility index (Phi) is 5.31. The number of anilines is 2. The normalized spacial score (nSPS) is 14.9. The molecule has 1 amide bonds. The van der Waals surface area contributed by atoms with E-state index in [1.54, 1.807) is 18.6 Å². The predicted molar refractivity (Wildman–Crippen MR) is 108 cm³/mol. The van der Waals surface area contributed by atoms with E-state index in [0.717, 1.165) is 43.0 Å². The molecule has 3 aromatic rings. The van der Waals surface area contributed by atoms with Gasteiger partial charge in [-0.05, 0) is 18.9 Å². The van der Waals surface area contributed by atoms with Crippen LogP contribution in [-0.4, -0.2) is 33.9 Å². The number of hydrogen-bond acceptors (Lipinski definition) is 6. The van der Waals surface area contributed by atoms with Crippen molar-refractivity contribution in [3.05, 3.63) is 53.3 Å². The minimum Gasteiger partial charge on any atom is -0.355 e. The van der Waals surface area contributed by atoms with Crippen LogP contribution in [0.5, 0.6) is 0 Å². The van der Waals surface area contributed by atoms with Gasteiger partial charge in [0, 0.05) is 47.4 Å². The minimum absolute atomic E-state index is 0.0221. The lowest BCUT2D eigenvalue weighted by Gasteiger charge is -2.31. The Balaban J connectivity index is 1.36. The van der Waals surface area contributed by atoms with Gasteiger partial charge in [-0.1, -0.05) is 29.8 Å². The summed E-state index contributed by atoms with van der Waals surface area (Å²) in [5.74, 6) is 0.861. The summed E-state index contributed by atoms with van der Waals surface area (Å²) in [5.41, 5.74) is 1.64. The van der Waals surface area contributed by atoms with Crippen molar-refractivity contribution in [2.75, 3.05) is 23.3 Å². The minimum atomic E-state index is -0.0226. The molecule has 1 saturated heterocycles. The van der Waals surface area contributed by atoms with Gasteiger partial charge < -0.3 is 10.2 Å². The van der Waals surface area contributed by atoms with Crippen LogP contribution in [0.1, 0.15) is 12.8 Å². The highest BCUT2D eigenvalue weighted by molar-refractivity contribution is 7.14. The van der Waals surface area contributed by atoms with Gasteiger partial charge in [-0.15, -0.1) is 11.3 Å². The molecule has 8 heteroatoms. The highest BCUT2D eigenvalue weighted by atomic mass is 35.5. The van der Waals surface area contributed by atoms with Crippen LogP contribution < -0.4 is 10.2 Å². The predicted octanol–water partition coefficient (Wildman–Crippen LogP) is 4.11. The Morgan fingerprint density at radius 1 is 1.22 bits per heavy atom. The molecule has 1 fully saturated rings. The van der Waals surface area contributed by atoms with Gasteiger partial charge in [-0.3, -0.25) is 9.78 Å². The van der Waals surface area contributed by atoms with Crippen LogP contribution in [0, 0.1) is 5.92 Å². The van der Waals surface area contributed by atoms with Crippen molar-refractivity contribution < 1.29 is 4.79 Å². The van der Waals surface area contributed by atoms with Gasteiger partial charge in [0.15, 0.2) is 5.13 Å². The summed E-state index contributed by atoms with van der Waals surface area (Å²) in [6.07, 6.45) is 6.67. The summed E-state index contributed by atoms with van der Waals surface area (Å²) in [6, 6.07) is 7.56. The molecule has 1 aliphatic rings. The molecular formula is C19H18ClN5OS. The number of rotatable bonds is 4. The topological polar surface area (TPSA) is 71.0 Å². The Hall–Kier alpha value is -2.51. The summed E-state index contributed by atoms with van der Waals surface area (Å²) in [6.45, 7) is 1.58. The summed E-state index contributed by atoms with van der Waals surface area (Å²) in [4.78, 5) is 27.7. The zero-order valence-corrected chi connectivity index (χ0v) is 16.1. The van der Waals surface area contributed by atoms with Gasteiger partial charge in [0.25, 0.3) is 0 Å². The van der Waals surface area contributed by atoms with Gasteiger partial charge >= 0.3 is 0 Å². The Morgan fingerprint density at radius 2 is 2.04 bits per heavy atom. The second kappa shape index (κ2) is 8.02. The number of amides is 1. The molecule has 0 radical (unpaired) electrons. The number of halogens is 1. The van der Waals surface area contributed by atoms with Crippen LogP contribution in [0.4, 0.5) is 10.9 Å². The number of benzene rings is 1. The molecule has 1 aliphatic heterocycles. The van der Waals surface area contributed by atoms with Crippen molar-refractivity contribution in [1.82, 2.24) is 15.0 Å². The third kappa shape index (κ3) is 4.09. The molecule has 3 heterocycles. The lowest BCUT2D eigenvalue weighted by molar-refractivity contribution is -0.120. The highest BCUT2D eigenvalue weighted by Gasteiger charge is 2.26. The first-order valence-electron chi connectivity index (χ1n) is 8.73. The number of piperidine rings is 1. The Morgan fingerprint density at radius 3 is 2.78 bits per heavy atom. The first-order valence-corrected chi connectivity index (χ1v) is 9.99. The van der Waals surface area contributed by atoms with E-state index in [9.17, 15) is 4.79 Å². The van der Waals surface area contributed by atoms with Crippen molar-refractivity contribution in [2.24, 2.45) is 5.92 Å². The molecule has 0 aliphatic carbocycles. The van der Waals surface area contributed by atoms with E-state index in [1.165, 1.54) is 11.3 Å². The Bertz CT molecular complexity index is 925. The molecule has 0 bridgehead atoms. The number of carbonyl (C=O) groups is 1. The van der Waals surface area contributed by atoms with Crippen LogP contribution >= 0.6 is 22.9 Å². The van der Waals surface area contributed by atoms with E-state index in [0.29, 0.717) is 10.2 Å². The molecule has 27 heavy (non-hydrogen) atoms. The second-order valence-electron chi connectivity index (χ2n) is 6.33. The average molecular weight is 400 g/mol. The van der Waals surface area contributed by atoms with Crippen molar-refractivity contribution >= 4 is 39.8 Å². The van der Waals surface area contributed by atoms with Crippen molar-refractivity contribution in [3.63, 3.8) is 0 Å². The quantitative estimate of drug-likeness (QED) is 0.714. The lowest BCUT2D eigenvalue weighted by Crippen LogP contribution is -2.38. The number of aromatic nitrogens is 3. The van der Waals surface area contributed by atoms with Gasteiger partial charge in [-0.2, -0.15) is 0 Å². The molecule has 0 spiro atoms. The molecule has 4 rings (SSSR count). The SMILES string of the molecule is O=C(Nc1nc(-c2ccccc2Cl)cs1)C1CCN(c2cnccn2)CC1. The first kappa shape index (κ1) is 17.9. The van der Waals surface area contributed by atoms with Crippen LogP contribution in [0.25, 0.3) is 11.3 Å². The smallest absolute Gasteiger partial charge is 0.229 e. The fraction of sp³-hybridized carbons (Fsp3) is 0.263. The number of nitrogens with one attached hydrogen (secondary N) is 1. The summed E-state index contributed by atoms with van der Waals surface area (Å²) < 4.78 is 0. The molecule has 0 atom stereocenters. The number of carbonyl (C=O) groups excluding carboxylic acids is 1. The molecule has 138 valence electrons. The van der Waals surface area contributed by atoms with Crippen LogP contribution in [0.15, 0.2) is 48.2 Å². The van der Waals surface area contributed by atoms with E-state index < -0.39 is 0 Å². The standard InChI is InChI=1S/C19H18ClN5OS/c20-15-4-2-1-3-14(15)16-12-27-19(23-16)24-18(26)13-5-9-25(10-6-13)17-11-21-7-8-22-17/h1-4,7-8,11-13H,5-6,9-10H2,(H,23,24,26). The molecule has 1 N–H and O–H groups in total. The summed E-state index contributed by atoms with van der Waals surface area (Å²) >= 11 is 7.64. The van der Waals surface area contributed by atoms with Gasteiger partial charge in [0.05, 0.1) is 11.9 Å². The number of thiazole rings is 1. The zero-order valence-electron chi connectivity index (χ0n) is 14.5. The van der Waals surface area contributed by atoms with Crippen molar-refractivity contribution in [3.8, 4) is 11.3 Å². The Labute approximate surface area is 166 Å². The van der Waals surface area contributed by atoms with Gasteiger partial charge in [-0.25, -0.2) is 9.97 Å². The molecule has 1 aromatic carbocycles. The highest BCUT2D eigenvalue weighted by Crippen LogP contribution is 2.31. The van der Waals surface area contributed by atoms with E-state index in [-0.39, 0.29) is 11.8 Å². The second-order valence-corrected chi connectivity index (χ2v) is 7.60. The van der Waals surface area contributed by atoms with Gasteiger partial charge in [0.2, 0.25) is 5.91 Å². The van der Waals surface area contributed by atoms with Gasteiger partial charge in [0.1, 0.15) is 5.82 Å². The molecule has 0 saturated carbocycles. The van der Waals surface area contributed by atoms with Crippen LogP contribution in [-0.2, 0) is 4.79 Å². The number of nitrogens with zero attached hydrogens (tertiary/aromatic N) is 4. The molecular weight excluding hydrogens is 382 g/mol.